The van der Waals surface area contributed by atoms with Crippen LogP contribution < -0.4 is 15.0 Å². The summed E-state index contributed by atoms with van der Waals surface area (Å²) in [6.07, 6.45) is 1.85. The van der Waals surface area contributed by atoms with Gasteiger partial charge in [0.2, 0.25) is 0 Å². The molecule has 1 aromatic carbocycles. The Balaban J connectivity index is 1.44. The van der Waals surface area contributed by atoms with E-state index < -0.39 is 0 Å². The van der Waals surface area contributed by atoms with Gasteiger partial charge in [-0.25, -0.2) is 0 Å². The summed E-state index contributed by atoms with van der Waals surface area (Å²) in [6, 6.07) is 9.06. The first-order valence-corrected chi connectivity index (χ1v) is 10.5. The zero-order chi connectivity index (χ0) is 19.3. The molecule has 0 N–H and O–H groups in total. The Hall–Kier alpha value is -2.28. The van der Waals surface area contributed by atoms with Crippen molar-refractivity contribution in [2.24, 2.45) is 5.92 Å². The standard InChI is InChI=1S/C21H21BrN2O4/c22-16-9-19-18(27-5-2-6-28-19)8-15(16)21(26)23-10-13-7-14(12-23)17-3-1-4-20(25)24(17)11-13/h1,3-4,8-9,13-14H,2,5-7,10-12H2. The van der Waals surface area contributed by atoms with Gasteiger partial charge in [-0.2, -0.15) is 0 Å². The fraction of sp³-hybridized carbons (Fsp3) is 0.429. The number of carbonyl (C=O) groups is 1. The molecular formula is C21H21BrN2O4. The maximum atomic E-state index is 13.3. The van der Waals surface area contributed by atoms with Crippen LogP contribution in [0.25, 0.3) is 0 Å². The van der Waals surface area contributed by atoms with Gasteiger partial charge in [0.25, 0.3) is 11.5 Å². The molecule has 0 radical (unpaired) electrons. The van der Waals surface area contributed by atoms with Crippen molar-refractivity contribution in [3.63, 3.8) is 0 Å². The van der Waals surface area contributed by atoms with Gasteiger partial charge in [0.1, 0.15) is 0 Å². The summed E-state index contributed by atoms with van der Waals surface area (Å²) in [7, 11) is 0. The minimum atomic E-state index is -0.0102. The Morgan fingerprint density at radius 3 is 2.68 bits per heavy atom. The van der Waals surface area contributed by atoms with Gasteiger partial charge in [-0.15, -0.1) is 0 Å². The Morgan fingerprint density at radius 1 is 1.07 bits per heavy atom. The molecule has 1 amide bonds. The number of rotatable bonds is 1. The van der Waals surface area contributed by atoms with Crippen LogP contribution in [0.3, 0.4) is 0 Å². The number of ether oxygens (including phenoxy) is 2. The predicted octanol–water partition coefficient (Wildman–Crippen LogP) is 3.03. The lowest BCUT2D eigenvalue weighted by Gasteiger charge is -2.42. The molecule has 7 heteroatoms. The lowest BCUT2D eigenvalue weighted by atomic mass is 9.83. The Morgan fingerprint density at radius 2 is 1.86 bits per heavy atom. The number of hydrogen-bond donors (Lipinski definition) is 0. The zero-order valence-corrected chi connectivity index (χ0v) is 17.0. The monoisotopic (exact) mass is 444 g/mol. The van der Waals surface area contributed by atoms with Gasteiger partial charge in [0.05, 0.1) is 18.8 Å². The highest BCUT2D eigenvalue weighted by molar-refractivity contribution is 9.10. The second-order valence-electron chi connectivity index (χ2n) is 7.74. The van der Waals surface area contributed by atoms with Gasteiger partial charge in [-0.3, -0.25) is 9.59 Å². The minimum absolute atomic E-state index is 0.0102. The predicted molar refractivity (Wildman–Crippen MR) is 107 cm³/mol. The second-order valence-corrected chi connectivity index (χ2v) is 8.59. The van der Waals surface area contributed by atoms with E-state index >= 15 is 0 Å². The zero-order valence-electron chi connectivity index (χ0n) is 15.4. The SMILES string of the molecule is O=C(c1cc2c(cc1Br)OCCCO2)N1CC2CC(C1)c1cccc(=O)n1C2. The molecule has 1 fully saturated rings. The van der Waals surface area contributed by atoms with Crippen LogP contribution in [0.15, 0.2) is 39.6 Å². The Kier molecular flexibility index (Phi) is 4.42. The van der Waals surface area contributed by atoms with E-state index in [0.29, 0.717) is 60.3 Å². The van der Waals surface area contributed by atoms with Gasteiger partial charge in [0, 0.05) is 48.2 Å². The van der Waals surface area contributed by atoms with E-state index in [4.69, 9.17) is 9.47 Å². The number of hydrogen-bond acceptors (Lipinski definition) is 4. The van der Waals surface area contributed by atoms with Crippen LogP contribution in [0.4, 0.5) is 0 Å². The Labute approximate surface area is 171 Å². The first-order valence-electron chi connectivity index (χ1n) is 9.68. The number of halogens is 1. The molecular weight excluding hydrogens is 424 g/mol. The average molecular weight is 445 g/mol. The van der Waals surface area contributed by atoms with Crippen molar-refractivity contribution in [2.45, 2.75) is 25.3 Å². The quantitative estimate of drug-likeness (QED) is 0.677. The third kappa shape index (κ3) is 3.02. The van der Waals surface area contributed by atoms with Crippen molar-refractivity contribution in [1.29, 1.82) is 0 Å². The topological polar surface area (TPSA) is 60.8 Å². The van der Waals surface area contributed by atoms with Crippen LogP contribution in [0, 0.1) is 5.92 Å². The normalized spacial score (nSPS) is 23.0. The van der Waals surface area contributed by atoms with E-state index in [1.807, 2.05) is 27.7 Å². The van der Waals surface area contributed by atoms with Crippen molar-refractivity contribution < 1.29 is 14.3 Å². The third-order valence-electron chi connectivity index (χ3n) is 5.83. The molecule has 0 saturated carbocycles. The average Bonchev–Trinajstić information content (AvgIpc) is 2.92. The highest BCUT2D eigenvalue weighted by Crippen LogP contribution is 2.38. The smallest absolute Gasteiger partial charge is 0.255 e. The van der Waals surface area contributed by atoms with Crippen molar-refractivity contribution in [2.75, 3.05) is 26.3 Å². The fourth-order valence-electron chi connectivity index (χ4n) is 4.58. The van der Waals surface area contributed by atoms with Crippen molar-refractivity contribution in [3.8, 4) is 11.5 Å². The van der Waals surface area contributed by atoms with E-state index in [9.17, 15) is 9.59 Å². The van der Waals surface area contributed by atoms with Crippen molar-refractivity contribution in [3.05, 3.63) is 56.4 Å². The van der Waals surface area contributed by atoms with Crippen LogP contribution >= 0.6 is 15.9 Å². The third-order valence-corrected chi connectivity index (χ3v) is 6.49. The highest BCUT2D eigenvalue weighted by atomic mass is 79.9. The van der Waals surface area contributed by atoms with Gasteiger partial charge in [-0.1, -0.05) is 6.07 Å². The van der Waals surface area contributed by atoms with Crippen LogP contribution in [0.2, 0.25) is 0 Å². The number of carbonyl (C=O) groups excluding carboxylic acids is 1. The second kappa shape index (κ2) is 6.95. The lowest BCUT2D eigenvalue weighted by Crippen LogP contribution is -2.49. The number of piperidine rings is 1. The largest absolute Gasteiger partial charge is 0.490 e. The summed E-state index contributed by atoms with van der Waals surface area (Å²) in [5, 5.41) is 0. The molecule has 3 aliphatic heterocycles. The maximum absolute atomic E-state index is 13.3. The van der Waals surface area contributed by atoms with Crippen molar-refractivity contribution >= 4 is 21.8 Å². The molecule has 1 saturated heterocycles. The van der Waals surface area contributed by atoms with Crippen LogP contribution in [0.1, 0.15) is 34.8 Å². The van der Waals surface area contributed by atoms with E-state index in [0.717, 1.165) is 18.5 Å². The summed E-state index contributed by atoms with van der Waals surface area (Å²) in [6.45, 7) is 3.16. The van der Waals surface area contributed by atoms with Gasteiger partial charge in [0.15, 0.2) is 11.5 Å². The molecule has 2 bridgehead atoms. The summed E-state index contributed by atoms with van der Waals surface area (Å²) >= 11 is 3.54. The Bertz CT molecular complexity index is 1000. The molecule has 2 atom stereocenters. The van der Waals surface area contributed by atoms with Crippen LogP contribution in [0.5, 0.6) is 11.5 Å². The summed E-state index contributed by atoms with van der Waals surface area (Å²) < 4.78 is 14.1. The molecule has 28 heavy (non-hydrogen) atoms. The van der Waals surface area contributed by atoms with E-state index in [-0.39, 0.29) is 17.4 Å². The number of likely N-dealkylation sites (tertiary alicyclic amines) is 1. The summed E-state index contributed by atoms with van der Waals surface area (Å²) in [4.78, 5) is 27.4. The maximum Gasteiger partial charge on any atom is 0.255 e. The van der Waals surface area contributed by atoms with Gasteiger partial charge in [-0.05, 0) is 46.5 Å². The molecule has 6 nitrogen and oxygen atoms in total. The van der Waals surface area contributed by atoms with E-state index in [1.165, 1.54) is 0 Å². The number of aromatic nitrogens is 1. The molecule has 146 valence electrons. The van der Waals surface area contributed by atoms with E-state index in [1.54, 1.807) is 12.1 Å². The van der Waals surface area contributed by atoms with E-state index in [2.05, 4.69) is 15.9 Å². The minimum Gasteiger partial charge on any atom is -0.490 e. The molecule has 0 aliphatic carbocycles. The molecule has 1 aromatic heterocycles. The summed E-state index contributed by atoms with van der Waals surface area (Å²) in [5.74, 6) is 1.78. The first kappa shape index (κ1) is 17.8. The first-order chi connectivity index (χ1) is 13.6. The molecule has 5 rings (SSSR count). The molecule has 4 heterocycles. The molecule has 3 aliphatic rings. The van der Waals surface area contributed by atoms with Gasteiger partial charge < -0.3 is 18.9 Å². The number of fused-ring (bicyclic) bond motifs is 5. The van der Waals surface area contributed by atoms with Crippen LogP contribution in [-0.2, 0) is 6.54 Å². The lowest BCUT2D eigenvalue weighted by molar-refractivity contribution is 0.0593. The molecule has 2 unspecified atom stereocenters. The van der Waals surface area contributed by atoms with Gasteiger partial charge >= 0.3 is 0 Å². The number of benzene rings is 1. The summed E-state index contributed by atoms with van der Waals surface area (Å²) in [5.41, 5.74) is 1.69. The van der Waals surface area contributed by atoms with Crippen molar-refractivity contribution in [1.82, 2.24) is 9.47 Å². The number of nitrogens with zero attached hydrogens (tertiary/aromatic N) is 2. The highest BCUT2D eigenvalue weighted by Gasteiger charge is 2.37. The molecule has 2 aromatic rings. The van der Waals surface area contributed by atoms with Crippen LogP contribution in [-0.4, -0.2) is 41.7 Å². The number of pyridine rings is 1. The molecule has 0 spiro atoms. The fourth-order valence-corrected chi connectivity index (χ4v) is 5.07. The number of amides is 1.